The van der Waals surface area contributed by atoms with Gasteiger partial charge in [-0.2, -0.15) is 5.10 Å². The SMILES string of the molecule is CN(C)c1ccc(CN2CCN(Cc3ccc(N(C)C)cc3)C2c2ccc(OCC(=O)N/N=C/c3cc(Br)ccc3O)cc2)cc1. The van der Waals surface area contributed by atoms with E-state index in [4.69, 9.17) is 4.74 Å². The molecule has 240 valence electrons. The Balaban J connectivity index is 1.25. The zero-order valence-corrected chi connectivity index (χ0v) is 28.3. The molecule has 1 aliphatic heterocycles. The number of ether oxygens (including phenoxy) is 1. The van der Waals surface area contributed by atoms with Crippen molar-refractivity contribution in [2.75, 3.05) is 57.7 Å². The van der Waals surface area contributed by atoms with Crippen LogP contribution < -0.4 is 20.0 Å². The number of halogens is 1. The zero-order chi connectivity index (χ0) is 32.6. The van der Waals surface area contributed by atoms with Gasteiger partial charge in [-0.3, -0.25) is 14.6 Å². The predicted octanol–water partition coefficient (Wildman–Crippen LogP) is 5.83. The molecular weight excluding hydrogens is 644 g/mol. The quantitative estimate of drug-likeness (QED) is 0.144. The van der Waals surface area contributed by atoms with Crippen molar-refractivity contribution in [3.63, 3.8) is 0 Å². The number of phenols is 1. The Kier molecular flexibility index (Phi) is 11.0. The van der Waals surface area contributed by atoms with Crippen molar-refractivity contribution in [1.29, 1.82) is 0 Å². The third-order valence-corrected chi connectivity index (χ3v) is 8.47. The van der Waals surface area contributed by atoms with Gasteiger partial charge in [-0.25, -0.2) is 5.43 Å². The van der Waals surface area contributed by atoms with Crippen LogP contribution in [0.3, 0.4) is 0 Å². The maximum Gasteiger partial charge on any atom is 0.277 e. The topological polar surface area (TPSA) is 83.9 Å². The maximum atomic E-state index is 12.3. The maximum absolute atomic E-state index is 12.3. The first-order valence-electron chi connectivity index (χ1n) is 15.2. The fourth-order valence-corrected chi connectivity index (χ4v) is 5.85. The van der Waals surface area contributed by atoms with Crippen LogP contribution in [0.1, 0.15) is 28.4 Å². The molecule has 0 atom stereocenters. The van der Waals surface area contributed by atoms with Gasteiger partial charge in [-0.05, 0) is 71.3 Å². The number of amides is 1. The molecule has 1 aliphatic rings. The predicted molar refractivity (Wildman–Crippen MR) is 189 cm³/mol. The minimum atomic E-state index is -0.400. The molecule has 0 aromatic heterocycles. The first-order valence-corrected chi connectivity index (χ1v) is 16.0. The lowest BCUT2D eigenvalue weighted by Gasteiger charge is -2.31. The number of rotatable bonds is 12. The van der Waals surface area contributed by atoms with E-state index in [0.29, 0.717) is 11.3 Å². The molecule has 0 aliphatic carbocycles. The molecule has 0 saturated carbocycles. The first-order chi connectivity index (χ1) is 22.2. The number of hydrazone groups is 1. The summed E-state index contributed by atoms with van der Waals surface area (Å²) in [5, 5.41) is 13.9. The van der Waals surface area contributed by atoms with Crippen molar-refractivity contribution in [3.8, 4) is 11.5 Å². The second-order valence-electron chi connectivity index (χ2n) is 11.8. The minimum absolute atomic E-state index is 0.0707. The lowest BCUT2D eigenvalue weighted by molar-refractivity contribution is -0.123. The highest BCUT2D eigenvalue weighted by Gasteiger charge is 2.33. The number of carbonyl (C=O) groups excluding carboxylic acids is 1. The largest absolute Gasteiger partial charge is 0.507 e. The summed E-state index contributed by atoms with van der Waals surface area (Å²) in [7, 11) is 8.22. The Morgan fingerprint density at radius 2 is 1.41 bits per heavy atom. The zero-order valence-electron chi connectivity index (χ0n) is 26.7. The van der Waals surface area contributed by atoms with Crippen molar-refractivity contribution >= 4 is 39.4 Å². The molecule has 4 aromatic rings. The van der Waals surface area contributed by atoms with E-state index in [1.54, 1.807) is 18.2 Å². The molecule has 1 heterocycles. The van der Waals surface area contributed by atoms with E-state index < -0.39 is 5.91 Å². The molecule has 10 heteroatoms. The number of phenolic OH excluding ortho intramolecular Hbond substituents is 1. The van der Waals surface area contributed by atoms with Crippen LogP contribution in [-0.2, 0) is 17.9 Å². The normalized spacial score (nSPS) is 14.1. The van der Waals surface area contributed by atoms with Crippen LogP contribution >= 0.6 is 15.9 Å². The van der Waals surface area contributed by atoms with E-state index in [1.807, 2.05) is 12.1 Å². The van der Waals surface area contributed by atoms with Crippen LogP contribution in [0.25, 0.3) is 0 Å². The van der Waals surface area contributed by atoms with Gasteiger partial charge in [0.1, 0.15) is 11.5 Å². The number of aromatic hydroxyl groups is 1. The molecule has 1 saturated heterocycles. The second kappa shape index (κ2) is 15.3. The van der Waals surface area contributed by atoms with Gasteiger partial charge < -0.3 is 19.6 Å². The van der Waals surface area contributed by atoms with Crippen molar-refractivity contribution < 1.29 is 14.6 Å². The summed E-state index contributed by atoms with van der Waals surface area (Å²) in [5.74, 6) is 0.270. The monoisotopic (exact) mass is 684 g/mol. The number of hydrogen-bond donors (Lipinski definition) is 2. The fourth-order valence-electron chi connectivity index (χ4n) is 5.47. The average Bonchev–Trinajstić information content (AvgIpc) is 3.43. The molecule has 1 amide bonds. The minimum Gasteiger partial charge on any atom is -0.507 e. The Bertz CT molecular complexity index is 1560. The van der Waals surface area contributed by atoms with Crippen molar-refractivity contribution in [2.24, 2.45) is 5.10 Å². The third-order valence-electron chi connectivity index (χ3n) is 7.97. The van der Waals surface area contributed by atoms with E-state index in [0.717, 1.165) is 30.7 Å². The number of hydrogen-bond acceptors (Lipinski definition) is 8. The van der Waals surface area contributed by atoms with Gasteiger partial charge in [-0.1, -0.05) is 52.3 Å². The highest BCUT2D eigenvalue weighted by atomic mass is 79.9. The summed E-state index contributed by atoms with van der Waals surface area (Å²) < 4.78 is 6.56. The second-order valence-corrected chi connectivity index (χ2v) is 12.7. The van der Waals surface area contributed by atoms with Crippen molar-refractivity contribution in [2.45, 2.75) is 19.3 Å². The summed E-state index contributed by atoms with van der Waals surface area (Å²) in [5.41, 5.74) is 9.01. The van der Waals surface area contributed by atoms with E-state index in [-0.39, 0.29) is 18.5 Å². The Morgan fingerprint density at radius 3 is 1.93 bits per heavy atom. The van der Waals surface area contributed by atoms with Crippen LogP contribution in [0, 0.1) is 0 Å². The standard InChI is InChI=1S/C36H41BrN6O3/c1-40(2)31-12-5-26(6-13-31)23-42-19-20-43(24-27-7-14-32(15-8-27)41(3)4)36(42)28-9-16-33(17-10-28)46-25-35(45)39-38-22-29-21-30(37)11-18-34(29)44/h5-18,21-22,36,44H,19-20,23-25H2,1-4H3,(H,39,45)/b38-22+. The summed E-state index contributed by atoms with van der Waals surface area (Å²) >= 11 is 3.36. The molecule has 0 radical (unpaired) electrons. The Hall–Kier alpha value is -4.38. The van der Waals surface area contributed by atoms with Gasteiger partial charge >= 0.3 is 0 Å². The number of anilines is 2. The molecule has 46 heavy (non-hydrogen) atoms. The number of nitrogens with zero attached hydrogens (tertiary/aromatic N) is 5. The molecule has 0 bridgehead atoms. The lowest BCUT2D eigenvalue weighted by atomic mass is 10.1. The van der Waals surface area contributed by atoms with Crippen LogP contribution in [0.4, 0.5) is 11.4 Å². The van der Waals surface area contributed by atoms with Crippen LogP contribution in [0.2, 0.25) is 0 Å². The van der Waals surface area contributed by atoms with Crippen molar-refractivity contribution in [1.82, 2.24) is 15.2 Å². The van der Waals surface area contributed by atoms with E-state index in [2.05, 4.69) is 135 Å². The molecule has 1 fully saturated rings. The molecule has 2 N–H and O–H groups in total. The average molecular weight is 686 g/mol. The van der Waals surface area contributed by atoms with Gasteiger partial charge in [0.2, 0.25) is 0 Å². The molecule has 4 aromatic carbocycles. The smallest absolute Gasteiger partial charge is 0.277 e. The highest BCUT2D eigenvalue weighted by molar-refractivity contribution is 9.10. The number of benzene rings is 4. The number of carbonyl (C=O) groups is 1. The van der Waals surface area contributed by atoms with Gasteiger partial charge in [0.15, 0.2) is 6.61 Å². The van der Waals surface area contributed by atoms with Crippen LogP contribution in [0.5, 0.6) is 11.5 Å². The highest BCUT2D eigenvalue weighted by Crippen LogP contribution is 2.34. The molecular formula is C36H41BrN6O3. The Labute approximate surface area is 279 Å². The molecule has 0 spiro atoms. The fraction of sp³-hybridized carbons (Fsp3) is 0.278. The first kappa shape index (κ1) is 33.0. The molecule has 5 rings (SSSR count). The Morgan fingerprint density at radius 1 is 0.870 bits per heavy atom. The van der Waals surface area contributed by atoms with Gasteiger partial charge in [-0.15, -0.1) is 0 Å². The van der Waals surface area contributed by atoms with E-state index in [1.165, 1.54) is 34.3 Å². The third kappa shape index (κ3) is 8.66. The summed E-state index contributed by atoms with van der Waals surface area (Å²) in [6.07, 6.45) is 1.47. The van der Waals surface area contributed by atoms with Gasteiger partial charge in [0, 0.05) is 75.8 Å². The summed E-state index contributed by atoms with van der Waals surface area (Å²) in [4.78, 5) is 21.6. The summed E-state index contributed by atoms with van der Waals surface area (Å²) in [6, 6.07) is 30.5. The number of nitrogens with one attached hydrogen (secondary N) is 1. The van der Waals surface area contributed by atoms with Crippen LogP contribution in [-0.4, -0.2) is 74.9 Å². The van der Waals surface area contributed by atoms with Gasteiger partial charge in [0.25, 0.3) is 5.91 Å². The molecule has 0 unspecified atom stereocenters. The van der Waals surface area contributed by atoms with E-state index in [9.17, 15) is 9.90 Å². The summed E-state index contributed by atoms with van der Waals surface area (Å²) in [6.45, 7) is 3.39. The van der Waals surface area contributed by atoms with Crippen LogP contribution in [0.15, 0.2) is 101 Å². The lowest BCUT2D eigenvalue weighted by Crippen LogP contribution is -2.30. The van der Waals surface area contributed by atoms with Crippen molar-refractivity contribution in [3.05, 3.63) is 118 Å². The van der Waals surface area contributed by atoms with Gasteiger partial charge in [0.05, 0.1) is 12.4 Å². The molecule has 9 nitrogen and oxygen atoms in total. The van der Waals surface area contributed by atoms with E-state index >= 15 is 0 Å².